The molecule has 0 bridgehead atoms. The van der Waals surface area contributed by atoms with Crippen LogP contribution in [0.25, 0.3) is 16.4 Å². The second kappa shape index (κ2) is 16.1. The number of anilines is 2. The van der Waals surface area contributed by atoms with E-state index in [2.05, 4.69) is 15.6 Å². The molecule has 0 heterocycles. The van der Waals surface area contributed by atoms with Crippen molar-refractivity contribution in [3.8, 4) is 11.1 Å². The van der Waals surface area contributed by atoms with Crippen LogP contribution in [0.1, 0.15) is 36.2 Å². The molecule has 0 aliphatic heterocycles. The Labute approximate surface area is 247 Å². The van der Waals surface area contributed by atoms with Gasteiger partial charge in [-0.05, 0) is 44.5 Å². The molecular formula is C28H33N6O5W-. The molecule has 0 aliphatic rings. The predicted octanol–water partition coefficient (Wildman–Crippen LogP) is 4.45. The van der Waals surface area contributed by atoms with Gasteiger partial charge in [0.1, 0.15) is 6.29 Å². The fourth-order valence-corrected chi connectivity index (χ4v) is 3.32. The van der Waals surface area contributed by atoms with E-state index in [1.165, 1.54) is 24.3 Å². The van der Waals surface area contributed by atoms with Gasteiger partial charge in [0.2, 0.25) is 0 Å². The number of nitro groups is 1. The summed E-state index contributed by atoms with van der Waals surface area (Å²) in [6.45, 7) is 4.01. The number of carbonyl (C=O) groups excluding carboxylic acids is 2. The van der Waals surface area contributed by atoms with Gasteiger partial charge in [-0.2, -0.15) is 0 Å². The molecule has 0 unspecified atom stereocenters. The van der Waals surface area contributed by atoms with Gasteiger partial charge >= 0.3 is 0 Å². The van der Waals surface area contributed by atoms with Crippen molar-refractivity contribution < 1.29 is 40.7 Å². The van der Waals surface area contributed by atoms with Gasteiger partial charge in [0, 0.05) is 81.1 Å². The Hall–Kier alpha value is -4.08. The van der Waals surface area contributed by atoms with Crippen molar-refractivity contribution in [1.82, 2.24) is 0 Å². The Bertz CT molecular complexity index is 1320. The van der Waals surface area contributed by atoms with Crippen molar-refractivity contribution in [2.45, 2.75) is 25.9 Å². The number of rotatable bonds is 11. The minimum Gasteiger partial charge on any atom is -0.677 e. The number of carbonyl (C=O) groups is 2. The van der Waals surface area contributed by atoms with Crippen LogP contribution in [0, 0.1) is 10.1 Å². The van der Waals surface area contributed by atoms with Gasteiger partial charge in [-0.15, -0.1) is 5.69 Å². The fraction of sp³-hybridized carbons (Fsp3) is 0.250. The quantitative estimate of drug-likeness (QED) is 0.0741. The third-order valence-electron chi connectivity index (χ3n) is 5.39. The predicted molar refractivity (Wildman–Crippen MR) is 155 cm³/mol. The molecule has 1 amide bonds. The Morgan fingerprint density at radius 1 is 1.18 bits per heavy atom. The van der Waals surface area contributed by atoms with E-state index >= 15 is 0 Å². The summed E-state index contributed by atoms with van der Waals surface area (Å²) in [5.74, 6) is -0.464. The third kappa shape index (κ3) is 11.3. The standard InChI is InChI=1S/C21H29N5O2.C7H5NO3.W/c1-21(2,28)8-9-25-12-15-10-19(24-3)17(11-18(15)22)14-4-6-16(7-5-14)26-13-20(23)27;9-5-6-2-1-3-7(4-6)8(10)11;/h4-7,10-12,24,28H,8-9,13H2,1-3H3,(H5,22,23,25,26,27);1-5H;/p-1. The minimum absolute atomic E-state index is 0. The number of hydrogen-bond acceptors (Lipinski definition) is 8. The van der Waals surface area contributed by atoms with Crippen LogP contribution < -0.4 is 16.8 Å². The van der Waals surface area contributed by atoms with Crippen LogP contribution in [0.5, 0.6) is 0 Å². The molecule has 212 valence electrons. The van der Waals surface area contributed by atoms with Gasteiger partial charge in [-0.1, -0.05) is 36.4 Å². The zero-order valence-electron chi connectivity index (χ0n) is 22.5. The van der Waals surface area contributed by atoms with E-state index < -0.39 is 16.4 Å². The Morgan fingerprint density at radius 3 is 2.40 bits per heavy atom. The van der Waals surface area contributed by atoms with Crippen molar-refractivity contribution in [3.05, 3.63) is 87.2 Å². The molecule has 0 radical (unpaired) electrons. The van der Waals surface area contributed by atoms with E-state index in [-0.39, 0.29) is 33.3 Å². The summed E-state index contributed by atoms with van der Waals surface area (Å²) in [6, 6.07) is 16.9. The Morgan fingerprint density at radius 2 is 1.85 bits per heavy atom. The number of hydrogen-bond donors (Lipinski definition) is 4. The maximum atomic E-state index is 10.8. The van der Waals surface area contributed by atoms with Crippen LogP contribution in [0.15, 0.2) is 65.7 Å². The van der Waals surface area contributed by atoms with Crippen LogP contribution in [-0.2, 0) is 25.9 Å². The SMILES string of the molecule is CNc1cc(C=NCCC(C)(C)O)c(N)cc1-c1ccc([N-]CC(N)=O)cc1.O=Cc1cccc([N+](=O)[O-])c1.[W]. The maximum absolute atomic E-state index is 10.8. The second-order valence-corrected chi connectivity index (χ2v) is 9.17. The summed E-state index contributed by atoms with van der Waals surface area (Å²) < 4.78 is 0. The summed E-state index contributed by atoms with van der Waals surface area (Å²) in [4.78, 5) is 35.0. The molecule has 0 atom stereocenters. The van der Waals surface area contributed by atoms with Crippen molar-refractivity contribution >= 4 is 41.2 Å². The molecule has 0 spiro atoms. The van der Waals surface area contributed by atoms with Crippen LogP contribution in [0.2, 0.25) is 0 Å². The first-order valence-corrected chi connectivity index (χ1v) is 12.0. The normalized spacial score (nSPS) is 10.6. The molecule has 11 nitrogen and oxygen atoms in total. The van der Waals surface area contributed by atoms with Crippen LogP contribution in [0.3, 0.4) is 0 Å². The largest absolute Gasteiger partial charge is 0.677 e. The van der Waals surface area contributed by atoms with E-state index in [1.807, 2.05) is 43.4 Å². The van der Waals surface area contributed by atoms with Crippen molar-refractivity contribution in [1.29, 1.82) is 0 Å². The number of aliphatic imine (C=N–C) groups is 1. The molecule has 0 aliphatic carbocycles. The van der Waals surface area contributed by atoms with Gasteiger partial charge in [0.05, 0.1) is 10.5 Å². The fourth-order valence-electron chi connectivity index (χ4n) is 3.32. The molecule has 0 aromatic heterocycles. The van der Waals surface area contributed by atoms with Gasteiger partial charge in [-0.3, -0.25) is 24.7 Å². The number of benzene rings is 3. The Kier molecular flexibility index (Phi) is 13.7. The first kappa shape index (κ1) is 33.9. The number of primary amides is 1. The number of aldehydes is 1. The molecule has 40 heavy (non-hydrogen) atoms. The summed E-state index contributed by atoms with van der Waals surface area (Å²) in [5, 5.41) is 27.2. The molecule has 3 rings (SSSR count). The van der Waals surface area contributed by atoms with E-state index in [1.54, 1.807) is 20.1 Å². The minimum atomic E-state index is -0.737. The van der Waals surface area contributed by atoms with Crippen molar-refractivity contribution in [3.63, 3.8) is 0 Å². The molecular weight excluding hydrogens is 684 g/mol. The first-order valence-electron chi connectivity index (χ1n) is 12.0. The van der Waals surface area contributed by atoms with E-state index in [9.17, 15) is 24.8 Å². The topological polar surface area (TPSA) is 188 Å². The van der Waals surface area contributed by atoms with E-state index in [0.29, 0.717) is 36.2 Å². The number of nitrogens with one attached hydrogen (secondary N) is 1. The summed E-state index contributed by atoms with van der Waals surface area (Å²) in [7, 11) is 1.85. The summed E-state index contributed by atoms with van der Waals surface area (Å²) in [5.41, 5.74) is 15.8. The number of nitro benzene ring substituents is 1. The molecule has 3 aromatic carbocycles. The zero-order valence-corrected chi connectivity index (χ0v) is 25.5. The summed E-state index contributed by atoms with van der Waals surface area (Å²) >= 11 is 0. The smallest absolute Gasteiger partial charge is 0.270 e. The molecule has 0 saturated carbocycles. The zero-order chi connectivity index (χ0) is 29.0. The van der Waals surface area contributed by atoms with Crippen LogP contribution >= 0.6 is 0 Å². The van der Waals surface area contributed by atoms with Crippen molar-refractivity contribution in [2.24, 2.45) is 10.7 Å². The summed E-state index contributed by atoms with van der Waals surface area (Å²) in [6.07, 6.45) is 2.89. The number of nitrogen functional groups attached to an aromatic ring is 1. The number of aliphatic hydroxyl groups is 1. The first-order chi connectivity index (χ1) is 18.4. The number of nitrogens with zero attached hydrogens (tertiary/aromatic N) is 3. The monoisotopic (exact) mass is 717 g/mol. The van der Waals surface area contributed by atoms with Crippen molar-refractivity contribution in [2.75, 3.05) is 31.2 Å². The average molecular weight is 717 g/mol. The maximum Gasteiger partial charge on any atom is 0.270 e. The molecule has 0 fully saturated rings. The number of non-ortho nitro benzene ring substituents is 1. The molecule has 0 saturated heterocycles. The number of amides is 1. The van der Waals surface area contributed by atoms with Gasteiger partial charge in [0.25, 0.3) is 5.69 Å². The van der Waals surface area contributed by atoms with E-state index in [4.69, 9.17) is 11.5 Å². The van der Waals surface area contributed by atoms with E-state index in [0.717, 1.165) is 22.4 Å². The number of nitrogens with two attached hydrogens (primary N) is 2. The molecule has 3 aromatic rings. The molecule has 6 N–H and O–H groups in total. The third-order valence-corrected chi connectivity index (χ3v) is 5.39. The molecule has 12 heteroatoms. The van der Waals surface area contributed by atoms with Crippen LogP contribution in [0.4, 0.5) is 22.7 Å². The Balaban J connectivity index is 0.000000559. The van der Waals surface area contributed by atoms with Gasteiger partial charge in [0.15, 0.2) is 5.91 Å². The van der Waals surface area contributed by atoms with Crippen LogP contribution in [-0.4, -0.2) is 54.2 Å². The van der Waals surface area contributed by atoms with Gasteiger partial charge in [-0.25, -0.2) is 0 Å². The average Bonchev–Trinajstić information content (AvgIpc) is 2.90. The second-order valence-electron chi connectivity index (χ2n) is 9.17. The van der Waals surface area contributed by atoms with Gasteiger partial charge < -0.3 is 27.2 Å².